The van der Waals surface area contributed by atoms with Crippen LogP contribution in [0.5, 0.6) is 0 Å². The first-order valence-corrected chi connectivity index (χ1v) is 12.8. The number of carboxylic acid groups (broad SMARTS) is 1. The molecular formula is C27H41N3O6. The van der Waals surface area contributed by atoms with Gasteiger partial charge in [0.2, 0.25) is 11.8 Å². The van der Waals surface area contributed by atoms with Crippen molar-refractivity contribution in [3.63, 3.8) is 0 Å². The average Bonchev–Trinajstić information content (AvgIpc) is 3.08. The lowest BCUT2D eigenvalue weighted by Crippen LogP contribution is -2.33. The highest BCUT2D eigenvalue weighted by molar-refractivity contribution is 5.85. The van der Waals surface area contributed by atoms with E-state index in [1.54, 1.807) is 25.7 Å². The molecule has 9 nitrogen and oxygen atoms in total. The van der Waals surface area contributed by atoms with Crippen LogP contribution < -0.4 is 10.6 Å². The van der Waals surface area contributed by atoms with Gasteiger partial charge < -0.3 is 25.4 Å². The van der Waals surface area contributed by atoms with Gasteiger partial charge in [-0.1, -0.05) is 36.8 Å². The number of rotatable bonds is 14. The van der Waals surface area contributed by atoms with Gasteiger partial charge in [-0.2, -0.15) is 0 Å². The largest absolute Gasteiger partial charge is 0.481 e. The van der Waals surface area contributed by atoms with E-state index in [1.807, 2.05) is 18.2 Å². The first-order valence-electron chi connectivity index (χ1n) is 12.8. The summed E-state index contributed by atoms with van der Waals surface area (Å²) in [5.74, 6) is -2.08. The molecule has 1 aliphatic rings. The van der Waals surface area contributed by atoms with Crippen molar-refractivity contribution in [2.24, 2.45) is 11.8 Å². The molecule has 0 radical (unpaired) electrons. The quantitative estimate of drug-likeness (QED) is 0.334. The van der Waals surface area contributed by atoms with Gasteiger partial charge in [0.25, 0.3) is 0 Å². The zero-order chi connectivity index (χ0) is 26.6. The molecule has 1 aromatic rings. The average molecular weight is 504 g/mol. The van der Waals surface area contributed by atoms with Crippen LogP contribution in [0.1, 0.15) is 64.9 Å². The van der Waals surface area contributed by atoms with Crippen molar-refractivity contribution >= 4 is 23.9 Å². The third-order valence-corrected chi connectivity index (χ3v) is 6.09. The number of nitrogens with one attached hydrogen (secondary N) is 2. The number of unbranched alkanes of at least 4 members (excludes halogenated alkanes) is 2. The van der Waals surface area contributed by atoms with Crippen LogP contribution in [-0.4, -0.2) is 65.7 Å². The summed E-state index contributed by atoms with van der Waals surface area (Å²) < 4.78 is 5.17. The highest BCUT2D eigenvalue weighted by Crippen LogP contribution is 2.28. The van der Waals surface area contributed by atoms with E-state index in [1.165, 1.54) is 5.56 Å². The Labute approximate surface area is 214 Å². The highest BCUT2D eigenvalue weighted by Gasteiger charge is 2.41. The summed E-state index contributed by atoms with van der Waals surface area (Å²) in [6, 6.07) is 10.0. The van der Waals surface area contributed by atoms with Crippen LogP contribution in [0.25, 0.3) is 0 Å². The number of aliphatic carboxylic acids is 1. The van der Waals surface area contributed by atoms with E-state index < -0.39 is 23.6 Å². The monoisotopic (exact) mass is 503 g/mol. The minimum atomic E-state index is -1.00. The molecule has 2 rings (SSSR count). The second-order valence-corrected chi connectivity index (χ2v) is 10.4. The van der Waals surface area contributed by atoms with Crippen LogP contribution in [0.15, 0.2) is 30.3 Å². The third-order valence-electron chi connectivity index (χ3n) is 6.09. The van der Waals surface area contributed by atoms with Crippen LogP contribution in [0, 0.1) is 11.8 Å². The van der Waals surface area contributed by atoms with Crippen molar-refractivity contribution in [3.05, 3.63) is 35.9 Å². The summed E-state index contributed by atoms with van der Waals surface area (Å²) in [4.78, 5) is 49.8. The van der Waals surface area contributed by atoms with Crippen molar-refractivity contribution in [1.29, 1.82) is 0 Å². The van der Waals surface area contributed by atoms with Gasteiger partial charge >= 0.3 is 12.1 Å². The van der Waals surface area contributed by atoms with Crippen LogP contribution >= 0.6 is 0 Å². The van der Waals surface area contributed by atoms with Crippen molar-refractivity contribution < 1.29 is 29.0 Å². The lowest BCUT2D eigenvalue weighted by Gasteiger charge is -2.19. The summed E-state index contributed by atoms with van der Waals surface area (Å²) in [6.45, 7) is 7.23. The van der Waals surface area contributed by atoms with E-state index in [0.29, 0.717) is 32.5 Å². The van der Waals surface area contributed by atoms with Gasteiger partial charge in [0.05, 0.1) is 12.3 Å². The number of alkyl carbamates (subject to hydrolysis) is 1. The Bertz CT molecular complexity index is 868. The Hall–Kier alpha value is -3.10. The second kappa shape index (κ2) is 14.5. The molecule has 1 aliphatic heterocycles. The predicted octanol–water partition coefficient (Wildman–Crippen LogP) is 3.37. The first-order chi connectivity index (χ1) is 17.0. The molecule has 2 atom stereocenters. The fraction of sp³-hybridized carbons (Fsp3) is 0.630. The SMILES string of the molecule is CC(C)(C)OC(=O)NCCCCCC(=O)NC[C@@H]1CN(CCCc2ccccc2)C(=O)[C@H]1CC(=O)O. The summed E-state index contributed by atoms with van der Waals surface area (Å²) in [7, 11) is 0. The summed E-state index contributed by atoms with van der Waals surface area (Å²) in [5.41, 5.74) is 0.671. The molecule has 1 saturated heterocycles. The topological polar surface area (TPSA) is 125 Å². The molecule has 1 aromatic carbocycles. The van der Waals surface area contributed by atoms with Gasteiger partial charge in [-0.25, -0.2) is 4.79 Å². The minimum absolute atomic E-state index is 0.112. The lowest BCUT2D eigenvalue weighted by molar-refractivity contribution is -0.142. The van der Waals surface area contributed by atoms with E-state index in [-0.39, 0.29) is 30.7 Å². The molecule has 200 valence electrons. The number of amides is 3. The van der Waals surface area contributed by atoms with Gasteiger partial charge in [0, 0.05) is 38.5 Å². The van der Waals surface area contributed by atoms with Gasteiger partial charge in [-0.15, -0.1) is 0 Å². The Kier molecular flexibility index (Phi) is 11.7. The minimum Gasteiger partial charge on any atom is -0.481 e. The smallest absolute Gasteiger partial charge is 0.407 e. The molecule has 0 spiro atoms. The number of carboxylic acids is 1. The van der Waals surface area contributed by atoms with E-state index in [9.17, 15) is 24.3 Å². The molecule has 0 unspecified atom stereocenters. The van der Waals surface area contributed by atoms with Crippen molar-refractivity contribution in [2.45, 2.75) is 71.3 Å². The number of benzene rings is 1. The molecule has 0 aliphatic carbocycles. The maximum atomic E-state index is 12.8. The third kappa shape index (κ3) is 11.1. The number of carbonyl (C=O) groups excluding carboxylic acids is 3. The molecule has 1 fully saturated rings. The maximum Gasteiger partial charge on any atom is 0.407 e. The first kappa shape index (κ1) is 29.1. The van der Waals surface area contributed by atoms with Crippen LogP contribution in [-0.2, 0) is 25.5 Å². The molecule has 1 heterocycles. The van der Waals surface area contributed by atoms with Crippen LogP contribution in [0.2, 0.25) is 0 Å². The standard InChI is InChI=1S/C27H41N3O6/c1-27(2,3)36-26(35)28-15-9-5-8-14-23(31)29-18-21-19-30(25(34)22(21)17-24(32)33)16-10-13-20-11-6-4-7-12-20/h4,6-7,11-12,21-22H,5,8-10,13-19H2,1-3H3,(H,28,35)(H,29,31)(H,32,33)/t21-,22+/m1/s1. The van der Waals surface area contributed by atoms with Crippen LogP contribution in [0.4, 0.5) is 4.79 Å². The second-order valence-electron chi connectivity index (χ2n) is 10.4. The number of hydrogen-bond acceptors (Lipinski definition) is 5. The van der Waals surface area contributed by atoms with Crippen LogP contribution in [0.3, 0.4) is 0 Å². The van der Waals surface area contributed by atoms with Gasteiger partial charge in [-0.3, -0.25) is 14.4 Å². The van der Waals surface area contributed by atoms with Crippen molar-refractivity contribution in [2.75, 3.05) is 26.2 Å². The number of aryl methyl sites for hydroxylation is 1. The highest BCUT2D eigenvalue weighted by atomic mass is 16.6. The molecular weight excluding hydrogens is 462 g/mol. The maximum absolute atomic E-state index is 12.8. The molecule has 36 heavy (non-hydrogen) atoms. The van der Waals surface area contributed by atoms with Crippen molar-refractivity contribution in [3.8, 4) is 0 Å². The normalized spacial score (nSPS) is 17.6. The fourth-order valence-electron chi connectivity index (χ4n) is 4.33. The zero-order valence-corrected chi connectivity index (χ0v) is 21.8. The van der Waals surface area contributed by atoms with E-state index in [0.717, 1.165) is 25.7 Å². The summed E-state index contributed by atoms with van der Waals surface area (Å²) >= 11 is 0. The van der Waals surface area contributed by atoms with Crippen molar-refractivity contribution in [1.82, 2.24) is 15.5 Å². The van der Waals surface area contributed by atoms with Gasteiger partial charge in [0.15, 0.2) is 0 Å². The Morgan fingerprint density at radius 3 is 2.44 bits per heavy atom. The molecule has 0 bridgehead atoms. The number of nitrogens with zero attached hydrogens (tertiary/aromatic N) is 1. The molecule has 3 N–H and O–H groups in total. The van der Waals surface area contributed by atoms with Gasteiger partial charge in [0.1, 0.15) is 5.60 Å². The van der Waals surface area contributed by atoms with E-state index in [2.05, 4.69) is 22.8 Å². The molecule has 0 aromatic heterocycles. The molecule has 3 amide bonds. The number of ether oxygens (including phenoxy) is 1. The summed E-state index contributed by atoms with van der Waals surface area (Å²) in [6.07, 6.45) is 3.52. The molecule has 9 heteroatoms. The Morgan fingerprint density at radius 1 is 1.06 bits per heavy atom. The number of likely N-dealkylation sites (tertiary alicyclic amines) is 1. The van der Waals surface area contributed by atoms with E-state index in [4.69, 9.17) is 4.74 Å². The summed E-state index contributed by atoms with van der Waals surface area (Å²) in [5, 5.41) is 14.9. The number of hydrogen-bond donors (Lipinski definition) is 3. The predicted molar refractivity (Wildman–Crippen MR) is 136 cm³/mol. The fourth-order valence-corrected chi connectivity index (χ4v) is 4.33. The Morgan fingerprint density at radius 2 is 1.78 bits per heavy atom. The Balaban J connectivity index is 1.68. The van der Waals surface area contributed by atoms with Gasteiger partial charge in [-0.05, 0) is 52.0 Å². The molecule has 0 saturated carbocycles. The lowest BCUT2D eigenvalue weighted by atomic mass is 9.92. The zero-order valence-electron chi connectivity index (χ0n) is 21.8. The number of carbonyl (C=O) groups is 4. The van der Waals surface area contributed by atoms with E-state index >= 15 is 0 Å².